The van der Waals surface area contributed by atoms with Gasteiger partial charge in [0.15, 0.2) is 0 Å². The van der Waals surface area contributed by atoms with Crippen molar-refractivity contribution in [2.75, 3.05) is 27.2 Å². The van der Waals surface area contributed by atoms with Crippen LogP contribution >= 0.6 is 11.6 Å². The molecule has 1 fully saturated rings. The van der Waals surface area contributed by atoms with Gasteiger partial charge in [-0.1, -0.05) is 29.8 Å². The monoisotopic (exact) mass is 733 g/mol. The fourth-order valence-electron chi connectivity index (χ4n) is 5.85. The molecule has 14 nitrogen and oxygen atoms in total. The molecule has 0 saturated carbocycles. The Morgan fingerprint density at radius 3 is 2.62 bits per heavy atom. The van der Waals surface area contributed by atoms with Crippen molar-refractivity contribution in [3.8, 4) is 28.3 Å². The highest BCUT2D eigenvalue weighted by Crippen LogP contribution is 2.37. The smallest absolute Gasteiger partial charge is 0.410 e. The van der Waals surface area contributed by atoms with Gasteiger partial charge in [-0.15, -0.1) is 0 Å². The maximum absolute atomic E-state index is 13.2. The molecule has 52 heavy (non-hydrogen) atoms. The van der Waals surface area contributed by atoms with E-state index in [0.717, 1.165) is 5.56 Å². The molecule has 0 bridgehead atoms. The highest BCUT2D eigenvalue weighted by atomic mass is 35.5. The van der Waals surface area contributed by atoms with Crippen LogP contribution in [-0.2, 0) is 27.4 Å². The van der Waals surface area contributed by atoms with Gasteiger partial charge in [-0.25, -0.2) is 14.8 Å². The SMILES string of the molecule is CNC(=O)CC(O)CNCc1cnc2cc(-c3cccc(-c4ccc(CN(C[C@@H]5CCC(=O)N5)C(=O)OC(C)(C)C)c(OC)n4)c3Cl)ccn2c1=O. The van der Waals surface area contributed by atoms with E-state index in [-0.39, 0.29) is 56.0 Å². The van der Waals surface area contributed by atoms with Crippen LogP contribution < -0.4 is 26.2 Å². The summed E-state index contributed by atoms with van der Waals surface area (Å²) < 4.78 is 12.8. The number of ether oxygens (including phenoxy) is 2. The number of pyridine rings is 2. The number of fused-ring (bicyclic) bond motifs is 1. The van der Waals surface area contributed by atoms with Crippen molar-refractivity contribution in [1.29, 1.82) is 0 Å². The number of rotatable bonds is 13. The maximum Gasteiger partial charge on any atom is 0.410 e. The van der Waals surface area contributed by atoms with Crippen molar-refractivity contribution >= 4 is 35.2 Å². The number of benzene rings is 1. The summed E-state index contributed by atoms with van der Waals surface area (Å²) in [4.78, 5) is 60.5. The second kappa shape index (κ2) is 16.5. The van der Waals surface area contributed by atoms with Crippen LogP contribution in [0.5, 0.6) is 5.88 Å². The number of methoxy groups -OCH3 is 1. The molecule has 5 rings (SSSR count). The Morgan fingerprint density at radius 1 is 1.15 bits per heavy atom. The van der Waals surface area contributed by atoms with E-state index in [1.807, 2.05) is 30.3 Å². The first-order chi connectivity index (χ1) is 24.8. The lowest BCUT2D eigenvalue weighted by Gasteiger charge is -2.29. The first kappa shape index (κ1) is 38.2. The molecule has 3 amide bonds. The van der Waals surface area contributed by atoms with Gasteiger partial charge >= 0.3 is 6.09 Å². The van der Waals surface area contributed by atoms with Gasteiger partial charge in [-0.3, -0.25) is 18.8 Å². The van der Waals surface area contributed by atoms with E-state index in [9.17, 15) is 24.3 Å². The molecule has 1 aliphatic rings. The second-order valence-corrected chi connectivity index (χ2v) is 14.0. The molecule has 0 radical (unpaired) electrons. The average molecular weight is 734 g/mol. The number of aromatic nitrogens is 3. The van der Waals surface area contributed by atoms with Crippen LogP contribution in [0.25, 0.3) is 28.0 Å². The van der Waals surface area contributed by atoms with Crippen molar-refractivity contribution < 1.29 is 29.0 Å². The van der Waals surface area contributed by atoms with Crippen LogP contribution in [0, 0.1) is 0 Å². The Hall–Kier alpha value is -5.05. The molecule has 0 spiro atoms. The third kappa shape index (κ3) is 9.43. The highest BCUT2D eigenvalue weighted by Gasteiger charge is 2.29. The molecule has 1 saturated heterocycles. The number of aliphatic hydroxyl groups excluding tert-OH is 1. The third-order valence-electron chi connectivity index (χ3n) is 8.43. The Morgan fingerprint density at radius 2 is 1.92 bits per heavy atom. The summed E-state index contributed by atoms with van der Waals surface area (Å²) in [6, 6.07) is 12.6. The summed E-state index contributed by atoms with van der Waals surface area (Å²) in [6.07, 6.45) is 2.72. The average Bonchev–Trinajstić information content (AvgIpc) is 3.52. The summed E-state index contributed by atoms with van der Waals surface area (Å²) in [5, 5.41) is 18.8. The van der Waals surface area contributed by atoms with E-state index in [1.165, 1.54) is 24.8 Å². The summed E-state index contributed by atoms with van der Waals surface area (Å²) in [5.41, 5.74) is 3.13. The normalized spacial score (nSPS) is 14.9. The van der Waals surface area contributed by atoms with Crippen molar-refractivity contribution in [1.82, 2.24) is 35.2 Å². The van der Waals surface area contributed by atoms with Gasteiger partial charge in [0, 0.05) is 73.8 Å². The predicted octanol–water partition coefficient (Wildman–Crippen LogP) is 3.69. The minimum absolute atomic E-state index is 0.0435. The summed E-state index contributed by atoms with van der Waals surface area (Å²) in [5.74, 6) is -0.00824. The van der Waals surface area contributed by atoms with E-state index in [0.29, 0.717) is 57.3 Å². The second-order valence-electron chi connectivity index (χ2n) is 13.6. The summed E-state index contributed by atoms with van der Waals surface area (Å²) >= 11 is 7.01. The Bertz CT molecular complexity index is 2010. The van der Waals surface area contributed by atoms with Crippen LogP contribution in [-0.4, -0.2) is 87.3 Å². The number of carbonyl (C=O) groups excluding carboxylic acids is 3. The lowest BCUT2D eigenvalue weighted by Crippen LogP contribution is -2.43. The molecule has 1 unspecified atom stereocenters. The zero-order valence-corrected chi connectivity index (χ0v) is 30.6. The van der Waals surface area contributed by atoms with Gasteiger partial charge in [0.05, 0.1) is 36.9 Å². The number of carbonyl (C=O) groups is 3. The maximum atomic E-state index is 13.2. The van der Waals surface area contributed by atoms with E-state index < -0.39 is 17.8 Å². The van der Waals surface area contributed by atoms with Gasteiger partial charge in [-0.05, 0) is 57.0 Å². The number of amides is 3. The lowest BCUT2D eigenvalue weighted by atomic mass is 10.0. The Kier molecular flexibility index (Phi) is 12.1. The van der Waals surface area contributed by atoms with Gasteiger partial charge in [0.2, 0.25) is 17.7 Å². The molecular formula is C37H44ClN7O7. The van der Waals surface area contributed by atoms with Crippen LogP contribution in [0.15, 0.2) is 59.7 Å². The molecule has 4 aromatic rings. The summed E-state index contributed by atoms with van der Waals surface area (Å²) in [6.45, 7) is 6.12. The van der Waals surface area contributed by atoms with Gasteiger partial charge in [0.25, 0.3) is 5.56 Å². The number of hydrogen-bond donors (Lipinski definition) is 4. The molecule has 0 aliphatic carbocycles. The number of halogens is 1. The molecule has 4 heterocycles. The fraction of sp³-hybridized carbons (Fsp3) is 0.405. The molecule has 4 N–H and O–H groups in total. The fourth-order valence-corrected chi connectivity index (χ4v) is 6.18. The van der Waals surface area contributed by atoms with Gasteiger partial charge in [0.1, 0.15) is 11.2 Å². The Labute approximate surface area is 306 Å². The van der Waals surface area contributed by atoms with E-state index >= 15 is 0 Å². The third-order valence-corrected chi connectivity index (χ3v) is 8.84. The van der Waals surface area contributed by atoms with Crippen molar-refractivity contribution in [2.45, 2.75) is 70.9 Å². The standard InChI is InChI=1S/C37H44ClN7O7/c1-37(2,3)52-36(50)44(21-25-10-12-31(47)42-25)20-23-9-11-29(43-34(23)51-5)28-8-6-7-27(33(28)38)22-13-14-45-30(15-22)41-18-24(35(45)49)17-40-19-26(46)16-32(48)39-4/h6-9,11,13-15,18,25-26,40,46H,10,12,16-17,19-21H2,1-5H3,(H,39,48)(H,42,47)/t25-,26?/m0/s1. The largest absolute Gasteiger partial charge is 0.481 e. The van der Waals surface area contributed by atoms with Crippen molar-refractivity contribution in [3.05, 3.63) is 81.4 Å². The molecule has 276 valence electrons. The first-order valence-corrected chi connectivity index (χ1v) is 17.3. The number of aliphatic hydroxyl groups is 1. The minimum Gasteiger partial charge on any atom is -0.481 e. The van der Waals surface area contributed by atoms with E-state index in [4.69, 9.17) is 26.1 Å². The number of hydrogen-bond acceptors (Lipinski definition) is 10. The lowest BCUT2D eigenvalue weighted by molar-refractivity contribution is -0.122. The molecule has 15 heteroatoms. The zero-order valence-electron chi connectivity index (χ0n) is 29.9. The van der Waals surface area contributed by atoms with E-state index in [2.05, 4.69) is 20.9 Å². The van der Waals surface area contributed by atoms with Crippen LogP contribution in [0.3, 0.4) is 0 Å². The van der Waals surface area contributed by atoms with Crippen LogP contribution in [0.2, 0.25) is 5.02 Å². The van der Waals surface area contributed by atoms with Gasteiger partial charge in [-0.2, -0.15) is 0 Å². The minimum atomic E-state index is -0.888. The topological polar surface area (TPSA) is 176 Å². The molecule has 3 aromatic heterocycles. The van der Waals surface area contributed by atoms with Gasteiger partial charge < -0.3 is 35.4 Å². The van der Waals surface area contributed by atoms with Crippen molar-refractivity contribution in [3.63, 3.8) is 0 Å². The molecular weight excluding hydrogens is 690 g/mol. The molecule has 2 atom stereocenters. The molecule has 1 aromatic carbocycles. The highest BCUT2D eigenvalue weighted by molar-refractivity contribution is 6.36. The number of nitrogens with one attached hydrogen (secondary N) is 3. The quantitative estimate of drug-likeness (QED) is 0.159. The predicted molar refractivity (Wildman–Crippen MR) is 196 cm³/mol. The zero-order chi connectivity index (χ0) is 37.6. The van der Waals surface area contributed by atoms with Crippen LogP contribution in [0.4, 0.5) is 4.79 Å². The van der Waals surface area contributed by atoms with Crippen molar-refractivity contribution in [2.24, 2.45) is 0 Å². The summed E-state index contributed by atoms with van der Waals surface area (Å²) in [7, 11) is 3.01. The number of nitrogens with zero attached hydrogens (tertiary/aromatic N) is 4. The van der Waals surface area contributed by atoms with Crippen LogP contribution in [0.1, 0.15) is 51.2 Å². The molecule has 1 aliphatic heterocycles. The first-order valence-electron chi connectivity index (χ1n) is 17.0. The Balaban J connectivity index is 1.36. The van der Waals surface area contributed by atoms with E-state index in [1.54, 1.807) is 44.0 Å².